The molecule has 0 saturated carbocycles. The summed E-state index contributed by atoms with van der Waals surface area (Å²) in [7, 11) is 2.71. The lowest BCUT2D eigenvalue weighted by Gasteiger charge is -2.13. The molecule has 0 atom stereocenters. The van der Waals surface area contributed by atoms with Crippen molar-refractivity contribution in [3.05, 3.63) is 318 Å². The number of aliphatic hydroxyl groups excluding tert-OH is 1. The van der Waals surface area contributed by atoms with Gasteiger partial charge in [-0.05, 0) is 131 Å². The number of imidazole rings is 4. The molecule has 29 nitrogen and oxygen atoms in total. The minimum atomic E-state index is -0.955. The first-order valence-electron chi connectivity index (χ1n) is 42.0. The summed E-state index contributed by atoms with van der Waals surface area (Å²) in [4.78, 5) is 111. The zero-order chi connectivity index (χ0) is 93.4. The van der Waals surface area contributed by atoms with Crippen LogP contribution < -0.4 is 10.6 Å². The highest BCUT2D eigenvalue weighted by Gasteiger charge is 2.24. The topological polar surface area (TPSA) is 391 Å². The number of aromatic carboxylic acids is 1. The van der Waals surface area contributed by atoms with E-state index >= 15 is 0 Å². The number of carbonyl (C=O) groups is 5. The van der Waals surface area contributed by atoms with Crippen molar-refractivity contribution in [1.82, 2.24) is 69.0 Å². The van der Waals surface area contributed by atoms with Crippen molar-refractivity contribution in [2.45, 2.75) is 157 Å². The Morgan fingerprint density at radius 3 is 1.22 bits per heavy atom. The minimum absolute atomic E-state index is 0.00227. The number of esters is 2. The third kappa shape index (κ3) is 28.6. The zero-order valence-electron chi connectivity index (χ0n) is 72.9. The lowest BCUT2D eigenvalue weighted by Crippen LogP contribution is -2.14. The van der Waals surface area contributed by atoms with E-state index in [1.807, 2.05) is 119 Å². The van der Waals surface area contributed by atoms with Crippen LogP contribution in [0.3, 0.4) is 0 Å². The lowest BCUT2D eigenvalue weighted by atomic mass is 9.97. The Kier molecular flexibility index (Phi) is 39.8. The summed E-state index contributed by atoms with van der Waals surface area (Å²) in [5.41, 5.74) is 17.8. The molecule has 6 heterocycles. The normalized spacial score (nSPS) is 10.5. The van der Waals surface area contributed by atoms with Crippen molar-refractivity contribution in [2.24, 2.45) is 0 Å². The maximum absolute atomic E-state index is 12.6. The Balaban J connectivity index is 0.000000191. The standard InChI is InChI=1S/C25H28ClN3O3.C24H24Cl3N3O3.C23H23N5O2.C23H25N5O.2CO2/c1-4-5-10-22-28-24(26)21(15-23(30)32-3)29(22)16-18-11-13-19(14-12-18)27-25(31)20-9-7-6-8-17(20)2;1-3-4-5-21-29-23(27)20(13-22(31)33-2)30(21)14-15-6-9-17(10-7-15)28-24(32)18-12-16(25)8-11-19(18)26;1-2-3-8-22-24-14-21(23(29)30)28(22)15-16-9-11-17(12-10-16)18-6-4-5-7-19(18)20-13-25-27-26-20;1-2-3-8-23-24-13-19(16-29)28(23)15-17-9-11-18(12-10-17)20-6-4-5-7-21(20)22-14-25-27-26-22;2*2-1-3/h6-9,11-14H,4-5,10,15-16H2,1-3H3,(H,27,31);6-12H,3-5,13-14H2,1-2H3,(H,28,32);4-7,9-14H,2-3,8,15H2,1H3,(H,29,30)(H,25,26,27);4-7,9-14,29H,2-3,8,15-16H2,1H3,(H,25,26,27);;. The van der Waals surface area contributed by atoms with Crippen molar-refractivity contribution in [1.29, 1.82) is 0 Å². The van der Waals surface area contributed by atoms with Crippen molar-refractivity contribution in [3.8, 4) is 44.8 Å². The molecule has 14 aromatic rings. The van der Waals surface area contributed by atoms with Gasteiger partial charge in [-0.3, -0.25) is 19.2 Å². The average molecular weight is 1840 g/mol. The fraction of sp³-hybridized carbons (Fsp3) is 0.268. The Hall–Kier alpha value is -13.9. The number of nitrogens with one attached hydrogen (secondary N) is 4. The van der Waals surface area contributed by atoms with Crippen LogP contribution in [0, 0.1) is 6.92 Å². The molecule has 0 aliphatic carbocycles. The number of nitrogens with zero attached hydrogens (tertiary/aromatic N) is 12. The Morgan fingerprint density at radius 2 is 0.823 bits per heavy atom. The van der Waals surface area contributed by atoms with Crippen molar-refractivity contribution < 1.29 is 62.8 Å². The molecule has 8 aromatic carbocycles. The van der Waals surface area contributed by atoms with Gasteiger partial charge in [0.05, 0.1) is 86.1 Å². The number of amides is 2. The van der Waals surface area contributed by atoms with E-state index in [0.29, 0.717) is 80.4 Å². The second-order valence-electron chi connectivity index (χ2n) is 29.6. The van der Waals surface area contributed by atoms with E-state index in [1.165, 1.54) is 32.0 Å². The molecule has 6 aromatic heterocycles. The molecule has 0 saturated heterocycles. The van der Waals surface area contributed by atoms with Gasteiger partial charge in [-0.25, -0.2) is 24.7 Å². The first-order chi connectivity index (χ1) is 63.0. The van der Waals surface area contributed by atoms with Crippen molar-refractivity contribution in [3.63, 3.8) is 0 Å². The van der Waals surface area contributed by atoms with Gasteiger partial charge >= 0.3 is 30.2 Å². The van der Waals surface area contributed by atoms with Crippen LogP contribution in [-0.2, 0) is 110 Å². The van der Waals surface area contributed by atoms with Crippen LogP contribution in [0.15, 0.2) is 213 Å². The summed E-state index contributed by atoms with van der Waals surface area (Å²) >= 11 is 24.8. The van der Waals surface area contributed by atoms with Gasteiger partial charge in [-0.1, -0.05) is 239 Å². The molecule has 0 unspecified atom stereocenters. The lowest BCUT2D eigenvalue weighted by molar-refractivity contribution is -0.193. The van der Waals surface area contributed by atoms with Gasteiger partial charge in [0, 0.05) is 85.0 Å². The number of H-pyrrole nitrogens is 2. The summed E-state index contributed by atoms with van der Waals surface area (Å²) in [6.45, 7) is 12.6. The molecule has 33 heteroatoms. The molecule has 130 heavy (non-hydrogen) atoms. The van der Waals surface area contributed by atoms with E-state index in [4.69, 9.17) is 75.1 Å². The predicted octanol–water partition coefficient (Wildman–Crippen LogP) is 18.9. The van der Waals surface area contributed by atoms with E-state index in [0.717, 1.165) is 173 Å². The molecule has 0 radical (unpaired) electrons. The number of aromatic amines is 2. The number of hydrogen-bond acceptors (Lipinski definition) is 20. The summed E-state index contributed by atoms with van der Waals surface area (Å²) in [6.07, 6.45) is 18.8. The molecule has 0 spiro atoms. The largest absolute Gasteiger partial charge is 0.477 e. The summed E-state index contributed by atoms with van der Waals surface area (Å²) < 4.78 is 17.5. The number of halogens is 4. The molecule has 0 aliphatic heterocycles. The molecular weight excluding hydrogens is 1740 g/mol. The fourth-order valence-electron chi connectivity index (χ4n) is 14.0. The smallest absolute Gasteiger partial charge is 0.373 e. The first kappa shape index (κ1) is 99.9. The SMILES string of the molecule is CCCCc1nc(Cl)c(CC(=O)OC)n1Cc1ccc(NC(=O)c2cc(Cl)ccc2Cl)cc1.CCCCc1nc(Cl)c(CC(=O)OC)n1Cc1ccc(NC(=O)c2ccccc2C)cc1.CCCCc1ncc(C(=O)O)n1Cc1ccc(-c2ccccc2-c2cn[nH]n2)cc1.CCCCc1ncc(CO)n1Cc1ccc(-c2ccccc2-c2cn[nH]n2)cc1.O=C=O.O=C=O. The number of anilines is 2. The van der Waals surface area contributed by atoms with Gasteiger partial charge in [0.15, 0.2) is 10.3 Å². The predicted molar refractivity (Wildman–Crippen MR) is 495 cm³/mol. The minimum Gasteiger partial charge on any atom is -0.477 e. The second kappa shape index (κ2) is 51.8. The number of carboxylic acid groups (broad SMARTS) is 1. The number of carboxylic acids is 1. The third-order valence-electron chi connectivity index (χ3n) is 20.8. The number of hydrogen-bond donors (Lipinski definition) is 6. The summed E-state index contributed by atoms with van der Waals surface area (Å²) in [5.74, 6) is 1.36. The molecule has 0 aliphatic rings. The van der Waals surface area contributed by atoms with Crippen molar-refractivity contribution in [2.75, 3.05) is 24.9 Å². The first-order valence-corrected chi connectivity index (χ1v) is 43.5. The number of aromatic nitrogens is 14. The Labute approximate surface area is 772 Å². The van der Waals surface area contributed by atoms with Gasteiger partial charge in [0.25, 0.3) is 11.8 Å². The van der Waals surface area contributed by atoms with Gasteiger partial charge in [-0.15, -0.1) is 0 Å². The highest BCUT2D eigenvalue weighted by molar-refractivity contribution is 6.36. The van der Waals surface area contributed by atoms with Crippen LogP contribution in [0.2, 0.25) is 20.4 Å². The van der Waals surface area contributed by atoms with Crippen molar-refractivity contribution >= 4 is 99.8 Å². The average Bonchev–Trinajstić information content (AvgIpc) is 1.56. The van der Waals surface area contributed by atoms with Gasteiger partial charge < -0.3 is 48.6 Å². The number of unbranched alkanes of at least 4 members (excludes halogenated alkanes) is 4. The molecule has 0 fully saturated rings. The number of benzene rings is 8. The summed E-state index contributed by atoms with van der Waals surface area (Å²) in [6, 6.07) is 60.2. The maximum atomic E-state index is 12.6. The van der Waals surface area contributed by atoms with E-state index in [1.54, 1.807) is 47.4 Å². The van der Waals surface area contributed by atoms with Crippen LogP contribution >= 0.6 is 46.4 Å². The quantitative estimate of drug-likeness (QED) is 0.0204. The molecule has 14 rings (SSSR count). The monoisotopic (exact) mass is 1840 g/mol. The molecule has 2 amide bonds. The molecule has 0 bridgehead atoms. The Morgan fingerprint density at radius 1 is 0.446 bits per heavy atom. The van der Waals surface area contributed by atoms with Crippen LogP contribution in [-0.4, -0.2) is 135 Å². The number of carbonyl (C=O) groups excluding carboxylic acids is 8. The van der Waals surface area contributed by atoms with E-state index in [-0.39, 0.29) is 61.2 Å². The van der Waals surface area contributed by atoms with E-state index < -0.39 is 5.97 Å². The number of methoxy groups -OCH3 is 2. The maximum Gasteiger partial charge on any atom is 0.373 e. The van der Waals surface area contributed by atoms with Crippen LogP contribution in [0.25, 0.3) is 44.8 Å². The van der Waals surface area contributed by atoms with Crippen LogP contribution in [0.1, 0.15) is 178 Å². The third-order valence-corrected chi connectivity index (χ3v) is 21.9. The van der Waals surface area contributed by atoms with Gasteiger partial charge in [0.1, 0.15) is 40.4 Å². The van der Waals surface area contributed by atoms with E-state index in [2.05, 4.69) is 148 Å². The number of aliphatic hydroxyl groups is 1. The number of aryl methyl sites for hydroxylation is 5. The van der Waals surface area contributed by atoms with E-state index in [9.17, 15) is 34.2 Å². The van der Waals surface area contributed by atoms with Gasteiger partial charge in [0.2, 0.25) is 0 Å². The zero-order valence-corrected chi connectivity index (χ0v) is 75.9. The number of ether oxygens (including phenoxy) is 2. The summed E-state index contributed by atoms with van der Waals surface area (Å²) in [5, 5.41) is 48.0. The van der Waals surface area contributed by atoms with Crippen LogP contribution in [0.4, 0.5) is 11.4 Å². The van der Waals surface area contributed by atoms with Gasteiger partial charge in [-0.2, -0.15) is 50.0 Å². The number of rotatable bonds is 34. The Bertz CT molecular complexity index is 6070. The molecule has 674 valence electrons. The molecule has 6 N–H and O–H groups in total. The fourth-order valence-corrected chi connectivity index (χ4v) is 14.9. The second-order valence-corrected chi connectivity index (χ2v) is 31.1. The van der Waals surface area contributed by atoms with Crippen LogP contribution in [0.5, 0.6) is 0 Å². The molecular formula is C97H100Cl4N16O13. The highest BCUT2D eigenvalue weighted by Crippen LogP contribution is 2.34. The highest BCUT2D eigenvalue weighted by atomic mass is 35.5.